The summed E-state index contributed by atoms with van der Waals surface area (Å²) in [5.41, 5.74) is 0. The summed E-state index contributed by atoms with van der Waals surface area (Å²) in [4.78, 5) is 0. The Labute approximate surface area is 104 Å². The van der Waals surface area contributed by atoms with Gasteiger partial charge in [-0.3, -0.25) is 0 Å². The van der Waals surface area contributed by atoms with E-state index in [1.54, 1.807) is 4.31 Å². The Balaban J connectivity index is 1.87. The van der Waals surface area contributed by atoms with Crippen LogP contribution in [0.15, 0.2) is 0 Å². The minimum absolute atomic E-state index is 0.0228. The average molecular weight is 262 g/mol. The summed E-state index contributed by atoms with van der Waals surface area (Å²) < 4.78 is 31.3. The predicted octanol–water partition coefficient (Wildman–Crippen LogP) is 0.179. The number of hydrogen-bond donors (Lipinski definition) is 1. The van der Waals surface area contributed by atoms with Crippen molar-refractivity contribution >= 4 is 10.0 Å². The summed E-state index contributed by atoms with van der Waals surface area (Å²) in [7, 11) is -3.12. The molecule has 2 aliphatic rings. The van der Waals surface area contributed by atoms with Crippen molar-refractivity contribution in [1.29, 1.82) is 0 Å². The lowest BCUT2D eigenvalue weighted by atomic mass is 10.2. The van der Waals surface area contributed by atoms with Gasteiger partial charge in [-0.25, -0.2) is 8.42 Å². The summed E-state index contributed by atoms with van der Waals surface area (Å²) in [6.45, 7) is 4.13. The van der Waals surface area contributed by atoms with E-state index >= 15 is 0 Å². The van der Waals surface area contributed by atoms with E-state index in [4.69, 9.17) is 4.74 Å². The van der Waals surface area contributed by atoms with Gasteiger partial charge in [-0.05, 0) is 19.3 Å². The maximum Gasteiger partial charge on any atom is 0.215 e. The van der Waals surface area contributed by atoms with Crippen LogP contribution in [0, 0.1) is 0 Å². The van der Waals surface area contributed by atoms with E-state index in [1.165, 1.54) is 12.8 Å². The molecule has 0 aromatic heterocycles. The fourth-order valence-electron chi connectivity index (χ4n) is 2.12. The van der Waals surface area contributed by atoms with Crippen molar-refractivity contribution in [2.75, 3.05) is 32.1 Å². The van der Waals surface area contributed by atoms with Crippen LogP contribution in [-0.4, -0.2) is 56.9 Å². The molecule has 0 radical (unpaired) electrons. The highest BCUT2D eigenvalue weighted by molar-refractivity contribution is 7.89. The fraction of sp³-hybridized carbons (Fsp3) is 1.00. The summed E-state index contributed by atoms with van der Waals surface area (Å²) >= 11 is 0. The van der Waals surface area contributed by atoms with Gasteiger partial charge in [0.2, 0.25) is 10.0 Å². The number of rotatable bonds is 6. The number of nitrogens with zero attached hydrogens (tertiary/aromatic N) is 1. The van der Waals surface area contributed by atoms with Crippen LogP contribution >= 0.6 is 0 Å². The Morgan fingerprint density at radius 2 is 2.18 bits per heavy atom. The van der Waals surface area contributed by atoms with Gasteiger partial charge in [-0.15, -0.1) is 0 Å². The molecule has 17 heavy (non-hydrogen) atoms. The van der Waals surface area contributed by atoms with Crippen LogP contribution in [0.2, 0.25) is 0 Å². The minimum atomic E-state index is -3.12. The van der Waals surface area contributed by atoms with Crippen molar-refractivity contribution in [2.45, 2.75) is 38.3 Å². The highest BCUT2D eigenvalue weighted by atomic mass is 32.2. The van der Waals surface area contributed by atoms with E-state index in [9.17, 15) is 8.42 Å². The second kappa shape index (κ2) is 5.65. The molecular weight excluding hydrogens is 240 g/mol. The lowest BCUT2D eigenvalue weighted by Crippen LogP contribution is -2.50. The zero-order chi connectivity index (χ0) is 12.3. The van der Waals surface area contributed by atoms with Crippen molar-refractivity contribution in [3.63, 3.8) is 0 Å². The molecule has 1 saturated carbocycles. The molecule has 100 valence electrons. The molecule has 0 spiro atoms. The highest BCUT2D eigenvalue weighted by Crippen LogP contribution is 2.19. The van der Waals surface area contributed by atoms with Crippen molar-refractivity contribution in [2.24, 2.45) is 0 Å². The van der Waals surface area contributed by atoms with Gasteiger partial charge in [0.15, 0.2) is 0 Å². The van der Waals surface area contributed by atoms with Gasteiger partial charge in [0.05, 0.1) is 19.0 Å². The average Bonchev–Trinajstić information content (AvgIpc) is 3.13. The zero-order valence-electron chi connectivity index (χ0n) is 10.4. The largest absolute Gasteiger partial charge is 0.378 e. The van der Waals surface area contributed by atoms with Crippen LogP contribution in [0.4, 0.5) is 0 Å². The van der Waals surface area contributed by atoms with E-state index in [0.717, 1.165) is 6.42 Å². The maximum atomic E-state index is 12.2. The van der Waals surface area contributed by atoms with Crippen LogP contribution in [-0.2, 0) is 14.8 Å². The van der Waals surface area contributed by atoms with Gasteiger partial charge in [0.25, 0.3) is 0 Å². The molecule has 1 N–H and O–H groups in total. The monoisotopic (exact) mass is 262 g/mol. The van der Waals surface area contributed by atoms with Crippen LogP contribution < -0.4 is 5.32 Å². The summed E-state index contributed by atoms with van der Waals surface area (Å²) in [6.07, 6.45) is 3.19. The van der Waals surface area contributed by atoms with Gasteiger partial charge in [-0.2, -0.15) is 4.31 Å². The standard InChI is InChI=1S/C11H22N2O3S/c1-2-11-9-16-7-6-13(11)17(14,15)8-5-12-10-3-4-10/h10-12H,2-9H2,1H3. The van der Waals surface area contributed by atoms with Crippen molar-refractivity contribution < 1.29 is 13.2 Å². The van der Waals surface area contributed by atoms with E-state index in [-0.39, 0.29) is 11.8 Å². The molecule has 2 fully saturated rings. The summed E-state index contributed by atoms with van der Waals surface area (Å²) in [6, 6.07) is 0.589. The molecule has 1 aliphatic carbocycles. The van der Waals surface area contributed by atoms with E-state index in [1.807, 2.05) is 6.92 Å². The molecule has 1 aliphatic heterocycles. The Hall–Kier alpha value is -0.170. The Bertz CT molecular complexity index is 341. The number of ether oxygens (including phenoxy) is 1. The lowest BCUT2D eigenvalue weighted by Gasteiger charge is -2.34. The zero-order valence-corrected chi connectivity index (χ0v) is 11.2. The predicted molar refractivity (Wildman–Crippen MR) is 66.4 cm³/mol. The molecule has 2 rings (SSSR count). The number of hydrogen-bond acceptors (Lipinski definition) is 4. The van der Waals surface area contributed by atoms with Gasteiger partial charge < -0.3 is 10.1 Å². The highest BCUT2D eigenvalue weighted by Gasteiger charge is 2.31. The molecule has 6 heteroatoms. The van der Waals surface area contributed by atoms with Gasteiger partial charge in [0, 0.05) is 25.2 Å². The molecule has 1 saturated heterocycles. The molecule has 0 aromatic carbocycles. The van der Waals surface area contributed by atoms with Crippen molar-refractivity contribution in [3.8, 4) is 0 Å². The smallest absolute Gasteiger partial charge is 0.215 e. The third kappa shape index (κ3) is 3.64. The molecular formula is C11H22N2O3S. The lowest BCUT2D eigenvalue weighted by molar-refractivity contribution is 0.0314. The van der Waals surface area contributed by atoms with Gasteiger partial charge >= 0.3 is 0 Å². The number of morpholine rings is 1. The first-order valence-electron chi connectivity index (χ1n) is 6.44. The first-order valence-corrected chi connectivity index (χ1v) is 8.05. The topological polar surface area (TPSA) is 58.6 Å². The van der Waals surface area contributed by atoms with Gasteiger partial charge in [-0.1, -0.05) is 6.92 Å². The molecule has 1 atom stereocenters. The first kappa shape index (κ1) is 13.3. The molecule has 0 aromatic rings. The van der Waals surface area contributed by atoms with Crippen molar-refractivity contribution in [1.82, 2.24) is 9.62 Å². The number of nitrogens with one attached hydrogen (secondary N) is 1. The minimum Gasteiger partial charge on any atom is -0.378 e. The second-order valence-corrected chi connectivity index (χ2v) is 6.83. The van der Waals surface area contributed by atoms with E-state index in [2.05, 4.69) is 5.32 Å². The Kier molecular flexibility index (Phi) is 4.41. The maximum absolute atomic E-state index is 12.2. The second-order valence-electron chi connectivity index (χ2n) is 4.79. The molecule has 5 nitrogen and oxygen atoms in total. The van der Waals surface area contributed by atoms with Gasteiger partial charge in [0.1, 0.15) is 0 Å². The summed E-state index contributed by atoms with van der Waals surface area (Å²) in [5, 5.41) is 3.25. The molecule has 1 unspecified atom stereocenters. The summed E-state index contributed by atoms with van der Waals surface area (Å²) in [5.74, 6) is 0.208. The third-order valence-electron chi connectivity index (χ3n) is 3.37. The van der Waals surface area contributed by atoms with E-state index < -0.39 is 10.0 Å². The fourth-order valence-corrected chi connectivity index (χ4v) is 3.75. The Morgan fingerprint density at radius 3 is 2.82 bits per heavy atom. The van der Waals surface area contributed by atoms with Crippen LogP contribution in [0.1, 0.15) is 26.2 Å². The molecule has 0 bridgehead atoms. The van der Waals surface area contributed by atoms with Crippen LogP contribution in [0.25, 0.3) is 0 Å². The normalized spacial score (nSPS) is 27.2. The molecule has 0 amide bonds. The SMILES string of the molecule is CCC1COCCN1S(=O)(=O)CCNC1CC1. The van der Waals surface area contributed by atoms with Crippen LogP contribution in [0.3, 0.4) is 0 Å². The van der Waals surface area contributed by atoms with Crippen LogP contribution in [0.5, 0.6) is 0 Å². The Morgan fingerprint density at radius 1 is 1.41 bits per heavy atom. The first-order chi connectivity index (χ1) is 8.13. The van der Waals surface area contributed by atoms with Crippen molar-refractivity contribution in [3.05, 3.63) is 0 Å². The third-order valence-corrected chi connectivity index (χ3v) is 5.29. The van der Waals surface area contributed by atoms with E-state index in [0.29, 0.717) is 32.3 Å². The quantitative estimate of drug-likeness (QED) is 0.742. The number of sulfonamides is 1. The molecule has 1 heterocycles.